The molecule has 0 unspecified atom stereocenters. The number of aromatic nitrogens is 4. The second-order valence-corrected chi connectivity index (χ2v) is 5.43. The molecule has 2 heterocycles. The van der Waals surface area contributed by atoms with Crippen molar-refractivity contribution in [3.8, 4) is 11.8 Å². The quantitative estimate of drug-likeness (QED) is 0.705. The number of nitriles is 1. The molecule has 114 valence electrons. The third-order valence-corrected chi connectivity index (χ3v) is 3.68. The lowest BCUT2D eigenvalue weighted by atomic mass is 10.1. The van der Waals surface area contributed by atoms with Crippen LogP contribution in [0.25, 0.3) is 0 Å². The van der Waals surface area contributed by atoms with E-state index in [2.05, 4.69) is 20.4 Å². The molecular formula is C15H11N5O2S. The van der Waals surface area contributed by atoms with Crippen LogP contribution in [-0.2, 0) is 6.42 Å². The predicted molar refractivity (Wildman–Crippen MR) is 81.0 cm³/mol. The van der Waals surface area contributed by atoms with E-state index in [0.29, 0.717) is 22.6 Å². The summed E-state index contributed by atoms with van der Waals surface area (Å²) >= 11 is 1.20. The zero-order valence-corrected chi connectivity index (χ0v) is 12.9. The Labute approximate surface area is 136 Å². The van der Waals surface area contributed by atoms with Crippen molar-refractivity contribution in [1.82, 2.24) is 20.4 Å². The van der Waals surface area contributed by atoms with E-state index in [0.717, 1.165) is 11.3 Å². The van der Waals surface area contributed by atoms with Crippen LogP contribution in [0.1, 0.15) is 17.1 Å². The molecule has 0 saturated carbocycles. The van der Waals surface area contributed by atoms with Crippen LogP contribution in [0.2, 0.25) is 0 Å². The first-order valence-corrected chi connectivity index (χ1v) is 7.45. The average Bonchev–Trinajstić information content (AvgIpc) is 3.03. The number of ether oxygens (including phenoxy) is 1. The molecule has 0 N–H and O–H groups in total. The van der Waals surface area contributed by atoms with Crippen molar-refractivity contribution in [2.75, 3.05) is 7.11 Å². The zero-order valence-electron chi connectivity index (χ0n) is 12.1. The molecule has 0 bridgehead atoms. The Hall–Kier alpha value is -2.92. The molecule has 2 aromatic heterocycles. The summed E-state index contributed by atoms with van der Waals surface area (Å²) in [5, 5.41) is 25.3. The number of benzene rings is 1. The van der Waals surface area contributed by atoms with Crippen LogP contribution in [-0.4, -0.2) is 27.5 Å². The summed E-state index contributed by atoms with van der Waals surface area (Å²) in [4.78, 5) is 0. The topological polar surface area (TPSA) is 97.7 Å². The Kier molecular flexibility index (Phi) is 4.49. The molecule has 3 rings (SSSR count). The second kappa shape index (κ2) is 6.89. The second-order valence-electron chi connectivity index (χ2n) is 4.46. The summed E-state index contributed by atoms with van der Waals surface area (Å²) in [6, 6.07) is 12.8. The van der Waals surface area contributed by atoms with Crippen LogP contribution in [0, 0.1) is 11.3 Å². The third kappa shape index (κ3) is 3.84. The van der Waals surface area contributed by atoms with Crippen LogP contribution in [0.3, 0.4) is 0 Å². The first kappa shape index (κ1) is 15.0. The van der Waals surface area contributed by atoms with Gasteiger partial charge in [0.15, 0.2) is 5.69 Å². The minimum absolute atomic E-state index is 0.264. The van der Waals surface area contributed by atoms with E-state index in [1.54, 1.807) is 19.2 Å². The highest BCUT2D eigenvalue weighted by atomic mass is 32.2. The Bertz CT molecular complexity index is 824. The van der Waals surface area contributed by atoms with E-state index in [1.165, 1.54) is 11.8 Å². The molecule has 0 atom stereocenters. The minimum Gasteiger partial charge on any atom is -0.497 e. The fourth-order valence-electron chi connectivity index (χ4n) is 1.79. The highest BCUT2D eigenvalue weighted by Gasteiger charge is 2.10. The Balaban J connectivity index is 1.66. The van der Waals surface area contributed by atoms with Crippen LogP contribution in [0.5, 0.6) is 5.75 Å². The number of hydrogen-bond donors (Lipinski definition) is 0. The van der Waals surface area contributed by atoms with Gasteiger partial charge >= 0.3 is 0 Å². The van der Waals surface area contributed by atoms with Crippen molar-refractivity contribution in [2.24, 2.45) is 0 Å². The van der Waals surface area contributed by atoms with Gasteiger partial charge in [0.25, 0.3) is 5.22 Å². The number of nitrogens with zero attached hydrogens (tertiary/aromatic N) is 5. The SMILES string of the molecule is COc1ccc(Cc2nnc(Sc3ccc(C#N)nn3)o2)cc1. The third-order valence-electron chi connectivity index (χ3n) is 2.91. The van der Waals surface area contributed by atoms with E-state index in [9.17, 15) is 0 Å². The van der Waals surface area contributed by atoms with Gasteiger partial charge in [-0.2, -0.15) is 5.26 Å². The zero-order chi connectivity index (χ0) is 16.1. The molecule has 0 saturated heterocycles. The maximum absolute atomic E-state index is 8.69. The average molecular weight is 325 g/mol. The summed E-state index contributed by atoms with van der Waals surface area (Å²) in [5.41, 5.74) is 1.31. The lowest BCUT2D eigenvalue weighted by Gasteiger charge is -2.00. The monoisotopic (exact) mass is 325 g/mol. The van der Waals surface area contributed by atoms with Crippen molar-refractivity contribution >= 4 is 11.8 Å². The van der Waals surface area contributed by atoms with Crippen molar-refractivity contribution in [2.45, 2.75) is 16.7 Å². The highest BCUT2D eigenvalue weighted by Crippen LogP contribution is 2.24. The fourth-order valence-corrected chi connectivity index (χ4v) is 2.41. The van der Waals surface area contributed by atoms with E-state index in [-0.39, 0.29) is 5.69 Å². The van der Waals surface area contributed by atoms with Gasteiger partial charge in [0.1, 0.15) is 16.8 Å². The lowest BCUT2D eigenvalue weighted by molar-refractivity contribution is 0.413. The molecule has 8 heteroatoms. The molecule has 0 aliphatic heterocycles. The predicted octanol–water partition coefficient (Wildman–Crippen LogP) is 2.48. The van der Waals surface area contributed by atoms with Gasteiger partial charge in [0.2, 0.25) is 5.89 Å². The summed E-state index contributed by atoms with van der Waals surface area (Å²) < 4.78 is 10.7. The molecule has 3 aromatic rings. The molecule has 7 nitrogen and oxygen atoms in total. The summed E-state index contributed by atoms with van der Waals surface area (Å²) in [6.45, 7) is 0. The summed E-state index contributed by atoms with van der Waals surface area (Å²) in [5.74, 6) is 1.31. The Morgan fingerprint density at radius 1 is 1.09 bits per heavy atom. The fraction of sp³-hybridized carbons (Fsp3) is 0.133. The molecule has 0 radical (unpaired) electrons. The number of methoxy groups -OCH3 is 1. The largest absolute Gasteiger partial charge is 0.497 e. The molecule has 0 spiro atoms. The van der Waals surface area contributed by atoms with Gasteiger partial charge in [0, 0.05) is 0 Å². The Morgan fingerprint density at radius 3 is 2.57 bits per heavy atom. The molecular weight excluding hydrogens is 314 g/mol. The van der Waals surface area contributed by atoms with E-state index in [1.807, 2.05) is 30.3 Å². The number of rotatable bonds is 5. The van der Waals surface area contributed by atoms with Gasteiger partial charge in [-0.25, -0.2) is 0 Å². The van der Waals surface area contributed by atoms with Gasteiger partial charge in [-0.15, -0.1) is 20.4 Å². The summed E-state index contributed by atoms with van der Waals surface area (Å²) in [7, 11) is 1.63. The standard InChI is InChI=1S/C15H11N5O2S/c1-21-12-5-2-10(3-6-12)8-13-18-20-15(22-13)23-14-7-4-11(9-16)17-19-14/h2-7H,8H2,1H3. The summed E-state index contributed by atoms with van der Waals surface area (Å²) in [6.07, 6.45) is 0.538. The first-order valence-electron chi connectivity index (χ1n) is 6.64. The van der Waals surface area contributed by atoms with Crippen molar-refractivity contribution in [3.63, 3.8) is 0 Å². The number of hydrogen-bond acceptors (Lipinski definition) is 8. The van der Waals surface area contributed by atoms with E-state index in [4.69, 9.17) is 14.4 Å². The van der Waals surface area contributed by atoms with Gasteiger partial charge in [-0.05, 0) is 41.6 Å². The van der Waals surface area contributed by atoms with Crippen LogP contribution < -0.4 is 4.74 Å². The molecule has 1 aromatic carbocycles. The lowest BCUT2D eigenvalue weighted by Crippen LogP contribution is -1.89. The first-order chi connectivity index (χ1) is 11.3. The Morgan fingerprint density at radius 2 is 1.91 bits per heavy atom. The van der Waals surface area contributed by atoms with Gasteiger partial charge in [-0.3, -0.25) is 0 Å². The van der Waals surface area contributed by atoms with Crippen LogP contribution in [0.15, 0.2) is 51.1 Å². The van der Waals surface area contributed by atoms with Crippen LogP contribution in [0.4, 0.5) is 0 Å². The van der Waals surface area contributed by atoms with Crippen molar-refractivity contribution < 1.29 is 9.15 Å². The van der Waals surface area contributed by atoms with Crippen LogP contribution >= 0.6 is 11.8 Å². The maximum Gasteiger partial charge on any atom is 0.283 e. The normalized spacial score (nSPS) is 10.3. The maximum atomic E-state index is 8.69. The molecule has 0 aliphatic carbocycles. The molecule has 0 amide bonds. The van der Waals surface area contributed by atoms with Crippen molar-refractivity contribution in [3.05, 3.63) is 53.5 Å². The highest BCUT2D eigenvalue weighted by molar-refractivity contribution is 7.99. The van der Waals surface area contributed by atoms with E-state index < -0.39 is 0 Å². The van der Waals surface area contributed by atoms with Gasteiger partial charge < -0.3 is 9.15 Å². The van der Waals surface area contributed by atoms with Gasteiger partial charge in [0.05, 0.1) is 13.5 Å². The molecule has 23 heavy (non-hydrogen) atoms. The minimum atomic E-state index is 0.264. The smallest absolute Gasteiger partial charge is 0.283 e. The molecule has 0 fully saturated rings. The van der Waals surface area contributed by atoms with Crippen molar-refractivity contribution in [1.29, 1.82) is 5.26 Å². The van der Waals surface area contributed by atoms with Gasteiger partial charge in [-0.1, -0.05) is 12.1 Å². The molecule has 0 aliphatic rings. The van der Waals surface area contributed by atoms with E-state index >= 15 is 0 Å².